The number of hydrogen-bond acceptors (Lipinski definition) is 5. The molecule has 0 aromatic carbocycles. The van der Waals surface area contributed by atoms with Gasteiger partial charge in [0.05, 0.1) is 12.6 Å². The van der Waals surface area contributed by atoms with Gasteiger partial charge in [0.15, 0.2) is 0 Å². The largest absolute Gasteiger partial charge is 0.365 e. The Hall–Kier alpha value is -1.76. The summed E-state index contributed by atoms with van der Waals surface area (Å²) in [6.07, 6.45) is 10.3. The maximum absolute atomic E-state index is 9.49. The Balaban J connectivity index is 1.50. The van der Waals surface area contributed by atoms with E-state index in [9.17, 15) is 5.26 Å². The standard InChI is InChI=1S/C22H36N6/c1-24-21(20-23)22-27(16-8-14-25-10-4-2-3-5-11-25)18-19-28(22)17-9-15-26-12-6-7-13-26/h2-19H2. The Bertz CT molecular complexity index is 571. The normalized spacial score (nSPS) is 23.5. The van der Waals surface area contributed by atoms with Gasteiger partial charge in [0.1, 0.15) is 5.82 Å². The fraction of sp³-hybridized carbons (Fsp3) is 0.818. The fourth-order valence-corrected chi connectivity index (χ4v) is 4.85. The minimum Gasteiger partial charge on any atom is -0.365 e. The second kappa shape index (κ2) is 11.3. The summed E-state index contributed by atoms with van der Waals surface area (Å²) in [5.41, 5.74) is 0.272. The number of nitriles is 1. The molecule has 154 valence electrons. The second-order valence-corrected chi connectivity index (χ2v) is 8.38. The predicted molar refractivity (Wildman–Crippen MR) is 112 cm³/mol. The van der Waals surface area contributed by atoms with E-state index in [0.717, 1.165) is 57.9 Å². The molecule has 6 heteroatoms. The quantitative estimate of drug-likeness (QED) is 0.475. The van der Waals surface area contributed by atoms with Gasteiger partial charge < -0.3 is 19.6 Å². The lowest BCUT2D eigenvalue weighted by Crippen LogP contribution is -2.31. The van der Waals surface area contributed by atoms with Crippen molar-refractivity contribution in [2.75, 3.05) is 65.4 Å². The fourth-order valence-electron chi connectivity index (χ4n) is 4.85. The highest BCUT2D eigenvalue weighted by atomic mass is 15.4. The van der Waals surface area contributed by atoms with Crippen molar-refractivity contribution < 1.29 is 0 Å². The van der Waals surface area contributed by atoms with E-state index in [-0.39, 0.29) is 5.70 Å². The molecule has 0 radical (unpaired) electrons. The van der Waals surface area contributed by atoms with Crippen LogP contribution in [0.1, 0.15) is 51.4 Å². The Morgan fingerprint density at radius 2 is 1.21 bits per heavy atom. The van der Waals surface area contributed by atoms with E-state index in [0.29, 0.717) is 0 Å². The molecule has 3 fully saturated rings. The Morgan fingerprint density at radius 1 is 0.750 bits per heavy atom. The molecule has 0 aliphatic carbocycles. The molecule has 6 nitrogen and oxygen atoms in total. The van der Waals surface area contributed by atoms with Crippen LogP contribution in [-0.4, -0.2) is 85.0 Å². The third-order valence-electron chi connectivity index (χ3n) is 6.37. The lowest BCUT2D eigenvalue weighted by molar-refractivity contribution is 0.254. The summed E-state index contributed by atoms with van der Waals surface area (Å²) >= 11 is 0. The van der Waals surface area contributed by atoms with Crippen LogP contribution in [0.2, 0.25) is 0 Å². The molecule has 0 N–H and O–H groups in total. The minimum absolute atomic E-state index is 0.272. The Labute approximate surface area is 171 Å². The number of likely N-dealkylation sites (tertiary alicyclic amines) is 2. The van der Waals surface area contributed by atoms with Gasteiger partial charge in [0.2, 0.25) is 0 Å². The molecule has 0 spiro atoms. The predicted octanol–water partition coefficient (Wildman–Crippen LogP) is 2.97. The van der Waals surface area contributed by atoms with Gasteiger partial charge in [0, 0.05) is 26.2 Å². The van der Waals surface area contributed by atoms with Crippen molar-refractivity contribution in [2.24, 2.45) is 0 Å². The van der Waals surface area contributed by atoms with E-state index in [1.165, 1.54) is 64.7 Å². The van der Waals surface area contributed by atoms with Crippen LogP contribution in [0.4, 0.5) is 0 Å². The lowest BCUT2D eigenvalue weighted by Gasteiger charge is -2.27. The van der Waals surface area contributed by atoms with Crippen LogP contribution in [0, 0.1) is 17.9 Å². The molecule has 0 bridgehead atoms. The zero-order valence-electron chi connectivity index (χ0n) is 17.4. The molecule has 3 rings (SSSR count). The molecule has 0 unspecified atom stereocenters. The molecule has 28 heavy (non-hydrogen) atoms. The monoisotopic (exact) mass is 384 g/mol. The Kier molecular flexibility index (Phi) is 8.45. The highest BCUT2D eigenvalue weighted by molar-refractivity contribution is 5.33. The summed E-state index contributed by atoms with van der Waals surface area (Å²) in [4.78, 5) is 13.3. The molecule has 0 aromatic heterocycles. The van der Waals surface area contributed by atoms with Gasteiger partial charge in [-0.3, -0.25) is 0 Å². The summed E-state index contributed by atoms with van der Waals surface area (Å²) in [5.74, 6) is 0.898. The van der Waals surface area contributed by atoms with Crippen molar-refractivity contribution in [3.05, 3.63) is 22.9 Å². The van der Waals surface area contributed by atoms with Gasteiger partial charge >= 0.3 is 5.70 Å². The number of nitrogens with zero attached hydrogens (tertiary/aromatic N) is 6. The van der Waals surface area contributed by atoms with Crippen LogP contribution in [0.25, 0.3) is 4.85 Å². The van der Waals surface area contributed by atoms with Crippen molar-refractivity contribution >= 4 is 0 Å². The van der Waals surface area contributed by atoms with Crippen LogP contribution >= 0.6 is 0 Å². The third kappa shape index (κ3) is 5.87. The highest BCUT2D eigenvalue weighted by Gasteiger charge is 2.28. The zero-order valence-corrected chi connectivity index (χ0v) is 17.4. The van der Waals surface area contributed by atoms with Crippen molar-refractivity contribution in [3.63, 3.8) is 0 Å². The summed E-state index contributed by atoms with van der Waals surface area (Å²) in [7, 11) is 0. The average Bonchev–Trinajstić information content (AvgIpc) is 3.28. The zero-order chi connectivity index (χ0) is 19.6. The molecule has 3 aliphatic rings. The van der Waals surface area contributed by atoms with E-state index in [1.807, 2.05) is 0 Å². The first-order chi connectivity index (χ1) is 13.8. The van der Waals surface area contributed by atoms with E-state index in [2.05, 4.69) is 30.5 Å². The van der Waals surface area contributed by atoms with Gasteiger partial charge in [-0.25, -0.2) is 10.1 Å². The first-order valence-corrected chi connectivity index (χ1v) is 11.3. The van der Waals surface area contributed by atoms with Crippen LogP contribution < -0.4 is 0 Å². The minimum atomic E-state index is 0.272. The van der Waals surface area contributed by atoms with E-state index in [1.54, 1.807) is 0 Å². The third-order valence-corrected chi connectivity index (χ3v) is 6.37. The molecule has 0 atom stereocenters. The van der Waals surface area contributed by atoms with Gasteiger partial charge in [0.25, 0.3) is 0 Å². The summed E-state index contributed by atoms with van der Waals surface area (Å²) in [6, 6.07) is 2.15. The SMILES string of the molecule is [C-]#[N+]C(C#N)=C1N(CCCN2CCCCCC2)CCN1CCCN1CCCC1. The van der Waals surface area contributed by atoms with Crippen molar-refractivity contribution in [2.45, 2.75) is 51.4 Å². The van der Waals surface area contributed by atoms with Gasteiger partial charge in [-0.15, -0.1) is 0 Å². The molecule has 3 heterocycles. The number of hydrogen-bond donors (Lipinski definition) is 0. The molecule has 3 saturated heterocycles. The molecule has 0 saturated carbocycles. The van der Waals surface area contributed by atoms with Crippen LogP contribution in [0.5, 0.6) is 0 Å². The first kappa shape index (κ1) is 21.0. The van der Waals surface area contributed by atoms with Crippen LogP contribution in [0.3, 0.4) is 0 Å². The summed E-state index contributed by atoms with van der Waals surface area (Å²) in [5, 5.41) is 9.49. The van der Waals surface area contributed by atoms with Crippen molar-refractivity contribution in [1.82, 2.24) is 19.6 Å². The number of allylic oxidation sites excluding steroid dienone is 1. The summed E-state index contributed by atoms with van der Waals surface area (Å²) < 4.78 is 0. The van der Waals surface area contributed by atoms with E-state index >= 15 is 0 Å². The topological polar surface area (TPSA) is 41.1 Å². The lowest BCUT2D eigenvalue weighted by atomic mass is 10.2. The van der Waals surface area contributed by atoms with Crippen molar-refractivity contribution in [3.8, 4) is 6.07 Å². The Morgan fingerprint density at radius 3 is 1.64 bits per heavy atom. The molecule has 3 aliphatic heterocycles. The number of rotatable bonds is 8. The van der Waals surface area contributed by atoms with E-state index < -0.39 is 0 Å². The summed E-state index contributed by atoms with van der Waals surface area (Å²) in [6.45, 7) is 18.5. The molecule has 0 aromatic rings. The molecular formula is C22H36N6. The molecule has 0 amide bonds. The first-order valence-electron chi connectivity index (χ1n) is 11.3. The van der Waals surface area contributed by atoms with Crippen LogP contribution in [-0.2, 0) is 0 Å². The van der Waals surface area contributed by atoms with Gasteiger partial charge in [-0.05, 0) is 77.8 Å². The maximum Gasteiger partial charge on any atom is 0.300 e. The maximum atomic E-state index is 9.49. The smallest absolute Gasteiger partial charge is 0.300 e. The second-order valence-electron chi connectivity index (χ2n) is 8.38. The van der Waals surface area contributed by atoms with Crippen molar-refractivity contribution in [1.29, 1.82) is 5.26 Å². The molecular weight excluding hydrogens is 348 g/mol. The highest BCUT2D eigenvalue weighted by Crippen LogP contribution is 2.24. The van der Waals surface area contributed by atoms with Gasteiger partial charge in [-0.1, -0.05) is 12.8 Å². The average molecular weight is 385 g/mol. The van der Waals surface area contributed by atoms with Gasteiger partial charge in [-0.2, -0.15) is 0 Å². The van der Waals surface area contributed by atoms with Crippen LogP contribution in [0.15, 0.2) is 11.5 Å². The van der Waals surface area contributed by atoms with E-state index in [4.69, 9.17) is 6.57 Å².